The third-order valence-corrected chi connectivity index (χ3v) is 4.51. The number of fused-ring (bicyclic) bond motifs is 1. The van der Waals surface area contributed by atoms with Crippen molar-refractivity contribution < 1.29 is 4.74 Å². The van der Waals surface area contributed by atoms with E-state index in [4.69, 9.17) is 4.74 Å². The van der Waals surface area contributed by atoms with Crippen molar-refractivity contribution in [2.45, 2.75) is 26.4 Å². The topological polar surface area (TPSA) is 85.7 Å². The first-order valence-electron chi connectivity index (χ1n) is 8.21. The van der Waals surface area contributed by atoms with Crippen LogP contribution in [0.15, 0.2) is 29.3 Å². The molecule has 128 valence electrons. The van der Waals surface area contributed by atoms with Crippen LogP contribution in [0.5, 0.6) is 0 Å². The SMILES string of the molecule is Cc1nc2cc(C3=CC(c4cnn(C)c4)OCC3)c(=O)[nH]c2nc1C. The lowest BCUT2D eigenvalue weighted by molar-refractivity contribution is 0.0826. The van der Waals surface area contributed by atoms with E-state index in [0.29, 0.717) is 29.8 Å². The fourth-order valence-corrected chi connectivity index (χ4v) is 3.04. The first-order valence-corrected chi connectivity index (χ1v) is 8.21. The number of aromatic nitrogens is 5. The van der Waals surface area contributed by atoms with Crippen molar-refractivity contribution in [2.24, 2.45) is 7.05 Å². The van der Waals surface area contributed by atoms with Crippen molar-refractivity contribution >= 4 is 16.7 Å². The van der Waals surface area contributed by atoms with E-state index in [0.717, 1.165) is 22.5 Å². The maximum Gasteiger partial charge on any atom is 0.257 e. The van der Waals surface area contributed by atoms with Gasteiger partial charge in [-0.05, 0) is 38.0 Å². The number of pyridine rings is 1. The normalized spacial score (nSPS) is 17.7. The second kappa shape index (κ2) is 5.93. The average molecular weight is 337 g/mol. The third kappa shape index (κ3) is 2.87. The number of rotatable bonds is 2. The first kappa shape index (κ1) is 15.7. The molecule has 3 aromatic heterocycles. The summed E-state index contributed by atoms with van der Waals surface area (Å²) in [6.07, 6.45) is 6.19. The van der Waals surface area contributed by atoms with Crippen molar-refractivity contribution in [1.29, 1.82) is 0 Å². The molecule has 3 aromatic rings. The zero-order valence-corrected chi connectivity index (χ0v) is 14.4. The van der Waals surface area contributed by atoms with E-state index < -0.39 is 0 Å². The number of nitrogens with zero attached hydrogens (tertiary/aromatic N) is 4. The van der Waals surface area contributed by atoms with Crippen LogP contribution >= 0.6 is 0 Å². The Balaban J connectivity index is 1.80. The van der Waals surface area contributed by atoms with E-state index in [2.05, 4.69) is 20.1 Å². The Kier molecular flexibility index (Phi) is 3.73. The Morgan fingerprint density at radius 1 is 1.28 bits per heavy atom. The molecule has 4 rings (SSSR count). The lowest BCUT2D eigenvalue weighted by Crippen LogP contribution is -2.17. The van der Waals surface area contributed by atoms with Crippen LogP contribution in [-0.2, 0) is 11.8 Å². The van der Waals surface area contributed by atoms with Crippen LogP contribution in [0.4, 0.5) is 0 Å². The molecule has 0 fully saturated rings. The Morgan fingerprint density at radius 2 is 2.08 bits per heavy atom. The fraction of sp³-hybridized carbons (Fsp3) is 0.333. The molecule has 0 radical (unpaired) electrons. The van der Waals surface area contributed by atoms with Crippen LogP contribution in [-0.4, -0.2) is 31.3 Å². The summed E-state index contributed by atoms with van der Waals surface area (Å²) in [6, 6.07) is 1.82. The molecule has 0 bridgehead atoms. The lowest BCUT2D eigenvalue weighted by atomic mass is 9.98. The Labute approximate surface area is 144 Å². The summed E-state index contributed by atoms with van der Waals surface area (Å²) >= 11 is 0. The van der Waals surface area contributed by atoms with Gasteiger partial charge in [0.1, 0.15) is 11.6 Å². The highest BCUT2D eigenvalue weighted by molar-refractivity contribution is 5.77. The minimum atomic E-state index is -0.196. The van der Waals surface area contributed by atoms with Crippen molar-refractivity contribution in [1.82, 2.24) is 24.7 Å². The largest absolute Gasteiger partial charge is 0.369 e. The van der Waals surface area contributed by atoms with E-state index in [9.17, 15) is 4.79 Å². The number of ether oxygens (including phenoxy) is 1. The molecule has 1 aliphatic rings. The van der Waals surface area contributed by atoms with Crippen LogP contribution in [0.25, 0.3) is 16.7 Å². The summed E-state index contributed by atoms with van der Waals surface area (Å²) in [5, 5.41) is 4.19. The number of H-pyrrole nitrogens is 1. The second-order valence-corrected chi connectivity index (χ2v) is 6.32. The maximum atomic E-state index is 12.6. The van der Waals surface area contributed by atoms with Crippen LogP contribution < -0.4 is 5.56 Å². The van der Waals surface area contributed by atoms with E-state index in [1.165, 1.54) is 0 Å². The number of hydrogen-bond acceptors (Lipinski definition) is 5. The van der Waals surface area contributed by atoms with Crippen molar-refractivity contribution in [3.8, 4) is 0 Å². The lowest BCUT2D eigenvalue weighted by Gasteiger charge is -2.21. The van der Waals surface area contributed by atoms with Gasteiger partial charge in [0.2, 0.25) is 0 Å². The summed E-state index contributed by atoms with van der Waals surface area (Å²) in [7, 11) is 1.87. The van der Waals surface area contributed by atoms with Gasteiger partial charge >= 0.3 is 0 Å². The molecule has 4 heterocycles. The van der Waals surface area contributed by atoms with Gasteiger partial charge in [0.25, 0.3) is 5.56 Å². The van der Waals surface area contributed by atoms with Crippen LogP contribution in [0.3, 0.4) is 0 Å². The molecule has 25 heavy (non-hydrogen) atoms. The third-order valence-electron chi connectivity index (χ3n) is 4.51. The predicted octanol–water partition coefficient (Wildman–Crippen LogP) is 2.21. The highest BCUT2D eigenvalue weighted by Gasteiger charge is 2.20. The van der Waals surface area contributed by atoms with Gasteiger partial charge in [-0.3, -0.25) is 9.48 Å². The molecule has 0 saturated carbocycles. The standard InChI is InChI=1S/C18H19N5O2/c1-10-11(2)21-17-15(20-10)7-14(18(24)22-17)12-4-5-25-16(6-12)13-8-19-23(3)9-13/h6-9,16H,4-5H2,1-3H3,(H,21,22,24). The van der Waals surface area contributed by atoms with Gasteiger partial charge < -0.3 is 9.72 Å². The van der Waals surface area contributed by atoms with Gasteiger partial charge in [0.15, 0.2) is 5.65 Å². The molecule has 1 N–H and O–H groups in total. The number of nitrogens with one attached hydrogen (secondary N) is 1. The zero-order chi connectivity index (χ0) is 17.6. The highest BCUT2D eigenvalue weighted by Crippen LogP contribution is 2.30. The monoisotopic (exact) mass is 337 g/mol. The summed E-state index contributed by atoms with van der Waals surface area (Å²) in [5.74, 6) is 0. The Bertz CT molecular complexity index is 1050. The van der Waals surface area contributed by atoms with Gasteiger partial charge in [0.05, 0.1) is 24.2 Å². The number of aromatic amines is 1. The predicted molar refractivity (Wildman–Crippen MR) is 94.1 cm³/mol. The zero-order valence-electron chi connectivity index (χ0n) is 14.4. The molecule has 7 nitrogen and oxygen atoms in total. The summed E-state index contributed by atoms with van der Waals surface area (Å²) < 4.78 is 7.56. The van der Waals surface area contributed by atoms with Crippen LogP contribution in [0.2, 0.25) is 0 Å². The second-order valence-electron chi connectivity index (χ2n) is 6.32. The van der Waals surface area contributed by atoms with E-state index >= 15 is 0 Å². The Morgan fingerprint density at radius 3 is 2.84 bits per heavy atom. The molecule has 1 unspecified atom stereocenters. The van der Waals surface area contributed by atoms with Gasteiger partial charge in [-0.15, -0.1) is 0 Å². The molecular weight excluding hydrogens is 318 g/mol. The minimum absolute atomic E-state index is 0.150. The molecule has 0 aliphatic carbocycles. The van der Waals surface area contributed by atoms with Crippen LogP contribution in [0.1, 0.15) is 35.0 Å². The van der Waals surface area contributed by atoms with Crippen molar-refractivity contribution in [2.75, 3.05) is 6.61 Å². The molecular formula is C18H19N5O2. The molecule has 1 aliphatic heterocycles. The molecule has 7 heteroatoms. The van der Waals surface area contributed by atoms with Gasteiger partial charge in [0, 0.05) is 24.4 Å². The maximum absolute atomic E-state index is 12.6. The summed E-state index contributed by atoms with van der Waals surface area (Å²) in [4.78, 5) is 24.4. The number of aryl methyl sites for hydroxylation is 3. The molecule has 1 atom stereocenters. The van der Waals surface area contributed by atoms with Gasteiger partial charge in [-0.2, -0.15) is 5.10 Å². The fourth-order valence-electron chi connectivity index (χ4n) is 3.04. The molecule has 0 spiro atoms. The smallest absolute Gasteiger partial charge is 0.257 e. The molecule has 0 amide bonds. The number of hydrogen-bond donors (Lipinski definition) is 1. The van der Waals surface area contributed by atoms with E-state index in [-0.39, 0.29) is 11.7 Å². The Hall–Kier alpha value is -2.80. The molecule has 0 aromatic carbocycles. The summed E-state index contributed by atoms with van der Waals surface area (Å²) in [6.45, 7) is 4.35. The summed E-state index contributed by atoms with van der Waals surface area (Å²) in [5.41, 5.74) is 5.31. The average Bonchev–Trinajstić information content (AvgIpc) is 3.03. The van der Waals surface area contributed by atoms with E-state index in [1.54, 1.807) is 10.9 Å². The van der Waals surface area contributed by atoms with Gasteiger partial charge in [-0.1, -0.05) is 0 Å². The quantitative estimate of drug-likeness (QED) is 0.775. The highest BCUT2D eigenvalue weighted by atomic mass is 16.5. The first-order chi connectivity index (χ1) is 12.0. The van der Waals surface area contributed by atoms with E-state index in [1.807, 2.05) is 39.2 Å². The van der Waals surface area contributed by atoms with Crippen molar-refractivity contribution in [3.63, 3.8) is 0 Å². The molecule has 0 saturated heterocycles. The van der Waals surface area contributed by atoms with Gasteiger partial charge in [-0.25, -0.2) is 9.97 Å². The minimum Gasteiger partial charge on any atom is -0.369 e. The van der Waals surface area contributed by atoms with Crippen molar-refractivity contribution in [3.05, 3.63) is 57.4 Å². The van der Waals surface area contributed by atoms with Crippen LogP contribution in [0, 0.1) is 13.8 Å².